The van der Waals surface area contributed by atoms with Crippen molar-refractivity contribution < 1.29 is 61.3 Å². The summed E-state index contributed by atoms with van der Waals surface area (Å²) in [7, 11) is -8.33. The van der Waals surface area contributed by atoms with Crippen molar-refractivity contribution in [2.45, 2.75) is 250 Å². The molecule has 5 aliphatic rings. The van der Waals surface area contributed by atoms with Crippen molar-refractivity contribution >= 4 is 54.6 Å². The van der Waals surface area contributed by atoms with E-state index < -0.39 is 113 Å². The van der Waals surface area contributed by atoms with Crippen LogP contribution in [0.15, 0.2) is 77.9 Å². The van der Waals surface area contributed by atoms with Crippen molar-refractivity contribution in [3.63, 3.8) is 0 Å². The first-order valence-corrected chi connectivity index (χ1v) is 38.3. The lowest BCUT2D eigenvalue weighted by Crippen LogP contribution is -2.82. The summed E-state index contributed by atoms with van der Waals surface area (Å²) in [5.74, 6) is -4.04. The smallest absolute Gasteiger partial charge is 0.338 e. The standard InChI is InChI=1S/C64H97NO13Si3/c1-17-80(18-2,19-3)76-48-39-49-63(41-72-49,75-43(8)66)55-57-64(71)40-47(42(7)51(61(64,12)13)53(56(68)62(48,55)14)78-81(20-4,21-5)22-6)73-59(70)54(77-79(15,16)60(9,10)11)52(45-35-28-26-29-36-45)65-50(67)38-30-25-23-24-27-33-44-34-31-32-37-46(44)58(69)74-57/h24,26-29,31-32,34-37,47-49,52-55,57,71H,17-23,25,30,33,38-41H2,1-16H3,(H,65,67)/t47-,48+,49-,52-,53-,54+,55-,57-,62+,63+,64-/m1/s1. The largest absolute Gasteiger partial charge is 0.456 e. The highest BCUT2D eigenvalue weighted by Gasteiger charge is 2.79. The molecular formula is C64H97NO13Si3. The van der Waals surface area contributed by atoms with Crippen LogP contribution in [-0.4, -0.2) is 114 Å². The van der Waals surface area contributed by atoms with E-state index in [-0.39, 0.29) is 48.2 Å². The number of ketones is 1. The van der Waals surface area contributed by atoms with Crippen LogP contribution in [0.5, 0.6) is 0 Å². The van der Waals surface area contributed by atoms with E-state index in [9.17, 15) is 14.7 Å². The Labute approximate surface area is 487 Å². The van der Waals surface area contributed by atoms with E-state index in [0.29, 0.717) is 66.1 Å². The average molecular weight is 1170 g/mol. The molecule has 2 aliphatic heterocycles. The number of hydrogen-bond acceptors (Lipinski definition) is 13. The molecule has 7 rings (SSSR count). The minimum Gasteiger partial charge on any atom is -0.456 e. The predicted molar refractivity (Wildman–Crippen MR) is 322 cm³/mol. The number of amides is 1. The number of carbonyl (C=O) groups is 5. The Hall–Kier alpha value is -4.08. The van der Waals surface area contributed by atoms with E-state index >= 15 is 14.4 Å². The summed E-state index contributed by atoms with van der Waals surface area (Å²) in [6.07, 6.45) is -0.827. The molecule has 2 heterocycles. The van der Waals surface area contributed by atoms with Crippen molar-refractivity contribution in [3.8, 4) is 0 Å². The van der Waals surface area contributed by atoms with E-state index in [0.717, 1.165) is 18.1 Å². The van der Waals surface area contributed by atoms with Crippen LogP contribution >= 0.6 is 0 Å². The maximum Gasteiger partial charge on any atom is 0.338 e. The number of esters is 3. The Balaban J connectivity index is 1.59. The summed E-state index contributed by atoms with van der Waals surface area (Å²) in [6, 6.07) is 19.8. The molecule has 2 aromatic rings. The Morgan fingerprint density at radius 2 is 1.41 bits per heavy atom. The van der Waals surface area contributed by atoms with Gasteiger partial charge in [0.2, 0.25) is 5.91 Å². The molecule has 81 heavy (non-hydrogen) atoms. The number of carbonyl (C=O) groups excluding carboxylic acids is 5. The van der Waals surface area contributed by atoms with Crippen molar-refractivity contribution in [2.24, 2.45) is 16.7 Å². The summed E-state index contributed by atoms with van der Waals surface area (Å²) in [5, 5.41) is 17.7. The molecule has 2 N–H and O–H groups in total. The Bertz CT molecular complexity index is 2660. The first kappa shape index (κ1) is 64.5. The number of allylic oxidation sites excluding steroid dienone is 2. The molecule has 11 atom stereocenters. The zero-order valence-corrected chi connectivity index (χ0v) is 54.7. The topological polar surface area (TPSA) is 182 Å². The normalized spacial score (nSPS) is 31.6. The van der Waals surface area contributed by atoms with E-state index in [1.807, 2.05) is 95.4 Å². The molecular weight excluding hydrogens is 1070 g/mol. The number of nitrogens with one attached hydrogen (secondary N) is 1. The molecule has 0 spiro atoms. The number of ether oxygens (including phenoxy) is 4. The zero-order valence-electron chi connectivity index (χ0n) is 51.7. The highest BCUT2D eigenvalue weighted by molar-refractivity contribution is 6.74. The Kier molecular flexibility index (Phi) is 19.8. The molecule has 0 aromatic heterocycles. The van der Waals surface area contributed by atoms with Crippen molar-refractivity contribution in [1.29, 1.82) is 0 Å². The van der Waals surface area contributed by atoms with Crippen LogP contribution in [0.3, 0.4) is 0 Å². The first-order valence-electron chi connectivity index (χ1n) is 30.4. The summed E-state index contributed by atoms with van der Waals surface area (Å²) in [4.78, 5) is 77.2. The van der Waals surface area contributed by atoms with Gasteiger partial charge in [0, 0.05) is 31.6 Å². The molecule has 2 aromatic carbocycles. The molecule has 3 bridgehead atoms. The summed E-state index contributed by atoms with van der Waals surface area (Å²) in [6.45, 7) is 31.7. The number of rotatable bonds is 14. The van der Waals surface area contributed by atoms with Gasteiger partial charge >= 0.3 is 17.9 Å². The van der Waals surface area contributed by atoms with E-state index in [1.54, 1.807) is 12.1 Å². The van der Waals surface area contributed by atoms with Crippen LogP contribution in [0.4, 0.5) is 0 Å². The van der Waals surface area contributed by atoms with E-state index in [4.69, 9.17) is 32.2 Å². The van der Waals surface area contributed by atoms with Gasteiger partial charge < -0.3 is 42.6 Å². The maximum absolute atomic E-state index is 17.4. The summed E-state index contributed by atoms with van der Waals surface area (Å²) >= 11 is 0. The molecule has 1 saturated heterocycles. The minimum atomic E-state index is -2.88. The van der Waals surface area contributed by atoms with Crippen LogP contribution < -0.4 is 5.32 Å². The quantitative estimate of drug-likeness (QED) is 0.0790. The monoisotopic (exact) mass is 1170 g/mol. The Morgan fingerprint density at radius 3 is 1.99 bits per heavy atom. The lowest BCUT2D eigenvalue weighted by molar-refractivity contribution is -0.344. The van der Waals surface area contributed by atoms with Gasteiger partial charge in [0.25, 0.3) is 0 Å². The Morgan fingerprint density at radius 1 is 0.802 bits per heavy atom. The molecule has 0 unspecified atom stereocenters. The van der Waals surface area contributed by atoms with Crippen LogP contribution in [-0.2, 0) is 57.8 Å². The summed E-state index contributed by atoms with van der Waals surface area (Å²) in [5.41, 5.74) is -4.45. The second-order valence-corrected chi connectivity index (χ2v) is 40.4. The van der Waals surface area contributed by atoms with Gasteiger partial charge in [0.15, 0.2) is 42.4 Å². The van der Waals surface area contributed by atoms with Crippen molar-refractivity contribution in [2.75, 3.05) is 6.61 Å². The van der Waals surface area contributed by atoms with E-state index in [2.05, 4.69) is 67.6 Å². The highest BCUT2D eigenvalue weighted by Crippen LogP contribution is 2.66. The van der Waals surface area contributed by atoms with Gasteiger partial charge in [-0.05, 0) is 122 Å². The second kappa shape index (κ2) is 24.9. The van der Waals surface area contributed by atoms with Crippen molar-refractivity contribution in [1.82, 2.24) is 5.32 Å². The maximum atomic E-state index is 17.4. The average Bonchev–Trinajstić information content (AvgIpc) is 1.83. The highest BCUT2D eigenvalue weighted by atomic mass is 28.4. The van der Waals surface area contributed by atoms with Gasteiger partial charge in [-0.15, -0.1) is 0 Å². The van der Waals surface area contributed by atoms with Gasteiger partial charge in [-0.25, -0.2) is 9.59 Å². The first-order chi connectivity index (χ1) is 38.0. The fourth-order valence-electron chi connectivity index (χ4n) is 13.9. The fourth-order valence-corrected chi connectivity index (χ4v) is 20.8. The van der Waals surface area contributed by atoms with Gasteiger partial charge in [0.1, 0.15) is 30.0 Å². The predicted octanol–water partition coefficient (Wildman–Crippen LogP) is 12.6. The lowest BCUT2D eigenvalue weighted by atomic mass is 9.44. The number of aliphatic hydroxyl groups is 1. The van der Waals surface area contributed by atoms with E-state index in [1.165, 1.54) is 6.92 Å². The van der Waals surface area contributed by atoms with Crippen LogP contribution in [0.1, 0.15) is 163 Å². The molecule has 448 valence electrons. The second-order valence-electron chi connectivity index (χ2n) is 26.2. The summed E-state index contributed by atoms with van der Waals surface area (Å²) < 4.78 is 49.8. The third kappa shape index (κ3) is 12.0. The zero-order chi connectivity index (χ0) is 59.7. The van der Waals surface area contributed by atoms with Gasteiger partial charge in [0.05, 0.1) is 35.6 Å². The molecule has 0 radical (unpaired) electrons. The van der Waals surface area contributed by atoms with Crippen LogP contribution in [0.25, 0.3) is 0 Å². The number of benzene rings is 2. The van der Waals surface area contributed by atoms with Gasteiger partial charge in [-0.2, -0.15) is 0 Å². The van der Waals surface area contributed by atoms with Crippen LogP contribution in [0, 0.1) is 16.7 Å². The van der Waals surface area contributed by atoms with Crippen LogP contribution in [0.2, 0.25) is 54.4 Å². The molecule has 3 aliphatic carbocycles. The third-order valence-corrected chi connectivity index (χ3v) is 34.5. The number of Topliss-reactive ketones (excluding diaryl/α,β-unsaturated/α-hetero) is 1. The number of hydrogen-bond donors (Lipinski definition) is 2. The fraction of sp³-hybridized carbons (Fsp3) is 0.672. The van der Waals surface area contributed by atoms with Gasteiger partial charge in [-0.1, -0.05) is 137 Å². The number of fused-ring (bicyclic) bond motifs is 7. The lowest BCUT2D eigenvalue weighted by Gasteiger charge is -2.68. The molecule has 14 nitrogen and oxygen atoms in total. The minimum absolute atomic E-state index is 0.149. The molecule has 17 heteroatoms. The van der Waals surface area contributed by atoms with Gasteiger partial charge in [-0.3, -0.25) is 14.4 Å². The molecule has 3 fully saturated rings. The SMILES string of the molecule is CC[Si](CC)(CC)O[C@H]1C(=O)[C@@]2(C)[C@@H](O[Si](CC)(CC)CC)C[C@H]3OC[C@@]3(OC(C)=O)[C@@H]2[C@H]2OC(=O)c3ccccc3CC=CCCCCC(=O)N[C@H](c3ccccc3)[C@H](O[Si](C)(C)C(C)(C)C)C(=O)O[C@@H]3C[C@]2(O)C(C)(C)C1=C3C. The van der Waals surface area contributed by atoms with Crippen molar-refractivity contribution in [3.05, 3.63) is 94.6 Å². The molecule has 2 saturated carbocycles. The third-order valence-electron chi connectivity index (χ3n) is 20.7. The molecule has 1 amide bonds.